The molecule has 1 fully saturated rings. The second-order valence-electron chi connectivity index (χ2n) is 6.88. The van der Waals surface area contributed by atoms with Gasteiger partial charge in [0.2, 0.25) is 0 Å². The van der Waals surface area contributed by atoms with Crippen LogP contribution in [0.25, 0.3) is 0 Å². The molecule has 2 heterocycles. The average molecular weight is 424 g/mol. The summed E-state index contributed by atoms with van der Waals surface area (Å²) in [5, 5.41) is 7.62. The van der Waals surface area contributed by atoms with Crippen LogP contribution in [0.3, 0.4) is 0 Å². The molecule has 5 nitrogen and oxygen atoms in total. The molecule has 0 radical (unpaired) electrons. The lowest BCUT2D eigenvalue weighted by Gasteiger charge is -2.33. The molecule has 1 aromatic carbocycles. The van der Waals surface area contributed by atoms with Gasteiger partial charge in [0.05, 0.1) is 18.4 Å². The van der Waals surface area contributed by atoms with Gasteiger partial charge in [-0.15, -0.1) is 0 Å². The molecule has 0 bridgehead atoms. The first-order valence-electron chi connectivity index (χ1n) is 9.41. The molecule has 2 aromatic rings. The third-order valence-corrected chi connectivity index (χ3v) is 4.98. The molecule has 0 amide bonds. The highest BCUT2D eigenvalue weighted by atomic mass is 32.1. The van der Waals surface area contributed by atoms with E-state index in [9.17, 15) is 13.2 Å². The molecule has 1 aromatic heterocycles. The van der Waals surface area contributed by atoms with Gasteiger partial charge in [0.1, 0.15) is 5.76 Å². The number of thiocarbonyl (C=S) groups is 1. The van der Waals surface area contributed by atoms with Crippen molar-refractivity contribution in [3.05, 3.63) is 59.5 Å². The van der Waals surface area contributed by atoms with Crippen LogP contribution in [0, 0.1) is 0 Å². The second-order valence-corrected chi connectivity index (χ2v) is 7.29. The zero-order valence-electron chi connectivity index (χ0n) is 15.8. The van der Waals surface area contributed by atoms with Gasteiger partial charge in [-0.05, 0) is 61.4 Å². The van der Waals surface area contributed by atoms with Gasteiger partial charge in [0.15, 0.2) is 5.11 Å². The highest BCUT2D eigenvalue weighted by Crippen LogP contribution is 2.29. The molecule has 0 spiro atoms. The summed E-state index contributed by atoms with van der Waals surface area (Å²) in [5.74, 6) is 0.771. The zero-order chi connectivity index (χ0) is 20.7. The van der Waals surface area contributed by atoms with Crippen molar-refractivity contribution in [3.8, 4) is 0 Å². The SMILES string of the molecule is FC(F)(F)c1ccc(CN2CCCCC2/C=N/NC(=S)NCc2ccco2)cc1. The number of furan rings is 1. The van der Waals surface area contributed by atoms with Gasteiger partial charge in [-0.3, -0.25) is 10.3 Å². The van der Waals surface area contributed by atoms with Gasteiger partial charge in [0, 0.05) is 18.8 Å². The number of hydrazone groups is 1. The van der Waals surface area contributed by atoms with Crippen LogP contribution >= 0.6 is 12.2 Å². The number of halogens is 3. The number of likely N-dealkylation sites (tertiary alicyclic amines) is 1. The van der Waals surface area contributed by atoms with Crippen molar-refractivity contribution in [2.45, 2.75) is 44.6 Å². The van der Waals surface area contributed by atoms with E-state index in [1.807, 2.05) is 12.3 Å². The Morgan fingerprint density at radius 3 is 2.72 bits per heavy atom. The van der Waals surface area contributed by atoms with E-state index in [4.69, 9.17) is 16.6 Å². The Kier molecular flexibility index (Phi) is 7.27. The van der Waals surface area contributed by atoms with Gasteiger partial charge in [-0.25, -0.2) is 0 Å². The summed E-state index contributed by atoms with van der Waals surface area (Å²) >= 11 is 5.19. The minimum Gasteiger partial charge on any atom is -0.467 e. The van der Waals surface area contributed by atoms with E-state index in [0.717, 1.165) is 49.3 Å². The average Bonchev–Trinajstić information content (AvgIpc) is 3.21. The van der Waals surface area contributed by atoms with Crippen LogP contribution in [0.2, 0.25) is 0 Å². The minimum absolute atomic E-state index is 0.103. The summed E-state index contributed by atoms with van der Waals surface area (Å²) in [4.78, 5) is 2.22. The first-order chi connectivity index (χ1) is 13.9. The number of nitrogens with one attached hydrogen (secondary N) is 2. The molecule has 9 heteroatoms. The molecule has 0 saturated carbocycles. The van der Waals surface area contributed by atoms with Crippen molar-refractivity contribution in [3.63, 3.8) is 0 Å². The Bertz CT molecular complexity index is 806. The highest BCUT2D eigenvalue weighted by molar-refractivity contribution is 7.80. The van der Waals surface area contributed by atoms with Crippen molar-refractivity contribution in [1.82, 2.24) is 15.6 Å². The lowest BCUT2D eigenvalue weighted by molar-refractivity contribution is -0.137. The number of piperidine rings is 1. The van der Waals surface area contributed by atoms with E-state index < -0.39 is 11.7 Å². The van der Waals surface area contributed by atoms with E-state index in [0.29, 0.717) is 18.2 Å². The van der Waals surface area contributed by atoms with E-state index in [1.54, 1.807) is 12.3 Å². The quantitative estimate of drug-likeness (QED) is 0.411. The van der Waals surface area contributed by atoms with Crippen LogP contribution in [0.1, 0.15) is 36.1 Å². The molecule has 29 heavy (non-hydrogen) atoms. The first kappa shape index (κ1) is 21.3. The Labute approximate surface area is 173 Å². The van der Waals surface area contributed by atoms with Gasteiger partial charge in [-0.2, -0.15) is 18.3 Å². The van der Waals surface area contributed by atoms with Crippen LogP contribution in [0.15, 0.2) is 52.2 Å². The van der Waals surface area contributed by atoms with E-state index >= 15 is 0 Å². The van der Waals surface area contributed by atoms with Gasteiger partial charge in [-0.1, -0.05) is 18.6 Å². The van der Waals surface area contributed by atoms with Crippen LogP contribution in [0.4, 0.5) is 13.2 Å². The van der Waals surface area contributed by atoms with Crippen molar-refractivity contribution >= 4 is 23.5 Å². The molecule has 1 saturated heterocycles. The van der Waals surface area contributed by atoms with Crippen molar-refractivity contribution < 1.29 is 17.6 Å². The number of alkyl halides is 3. The Hall–Kier alpha value is -2.39. The van der Waals surface area contributed by atoms with E-state index in [1.165, 1.54) is 12.1 Å². The largest absolute Gasteiger partial charge is 0.467 e. The number of hydrogen-bond acceptors (Lipinski definition) is 4. The molecule has 3 rings (SSSR count). The fourth-order valence-electron chi connectivity index (χ4n) is 3.22. The third-order valence-electron chi connectivity index (χ3n) is 4.75. The lowest BCUT2D eigenvalue weighted by atomic mass is 10.0. The Balaban J connectivity index is 1.51. The van der Waals surface area contributed by atoms with E-state index in [2.05, 4.69) is 20.7 Å². The molecular weight excluding hydrogens is 401 g/mol. The molecular formula is C20H23F3N4OS. The normalized spacial score (nSPS) is 18.1. The molecule has 2 N–H and O–H groups in total. The highest BCUT2D eigenvalue weighted by Gasteiger charge is 2.30. The number of hydrogen-bond donors (Lipinski definition) is 2. The molecule has 1 atom stereocenters. The Morgan fingerprint density at radius 1 is 1.24 bits per heavy atom. The maximum atomic E-state index is 12.7. The van der Waals surface area contributed by atoms with Crippen molar-refractivity contribution in [2.75, 3.05) is 6.54 Å². The molecule has 1 aliphatic rings. The van der Waals surface area contributed by atoms with Gasteiger partial charge < -0.3 is 9.73 Å². The molecule has 1 unspecified atom stereocenters. The van der Waals surface area contributed by atoms with Gasteiger partial charge in [0.25, 0.3) is 0 Å². The van der Waals surface area contributed by atoms with Gasteiger partial charge >= 0.3 is 6.18 Å². The number of nitrogens with zero attached hydrogens (tertiary/aromatic N) is 2. The lowest BCUT2D eigenvalue weighted by Crippen LogP contribution is -2.40. The van der Waals surface area contributed by atoms with E-state index in [-0.39, 0.29) is 6.04 Å². The van der Waals surface area contributed by atoms with Crippen LogP contribution in [0.5, 0.6) is 0 Å². The topological polar surface area (TPSA) is 52.8 Å². The smallest absolute Gasteiger partial charge is 0.416 e. The maximum Gasteiger partial charge on any atom is 0.416 e. The van der Waals surface area contributed by atoms with Crippen molar-refractivity contribution in [1.29, 1.82) is 0 Å². The third kappa shape index (κ3) is 6.57. The fraction of sp³-hybridized carbons (Fsp3) is 0.400. The summed E-state index contributed by atoms with van der Waals surface area (Å²) in [6.07, 6.45) is 2.18. The zero-order valence-corrected chi connectivity index (χ0v) is 16.6. The molecule has 156 valence electrons. The van der Waals surface area contributed by atoms with Crippen LogP contribution in [-0.2, 0) is 19.3 Å². The summed E-state index contributed by atoms with van der Waals surface area (Å²) in [5.41, 5.74) is 3.02. The maximum absolute atomic E-state index is 12.7. The first-order valence-corrected chi connectivity index (χ1v) is 9.82. The summed E-state index contributed by atoms with van der Waals surface area (Å²) < 4.78 is 43.4. The number of benzene rings is 1. The fourth-order valence-corrected chi connectivity index (χ4v) is 3.34. The summed E-state index contributed by atoms with van der Waals surface area (Å²) in [7, 11) is 0. The van der Waals surface area contributed by atoms with Crippen molar-refractivity contribution in [2.24, 2.45) is 5.10 Å². The minimum atomic E-state index is -4.31. The predicted molar refractivity (Wildman–Crippen MR) is 109 cm³/mol. The molecule has 0 aliphatic carbocycles. The standard InChI is InChI=1S/C20H23F3N4OS/c21-20(22,23)16-8-6-15(7-9-16)14-27-10-2-1-4-17(27)12-25-26-19(29)24-13-18-5-3-11-28-18/h3,5-9,11-12,17H,1-2,4,10,13-14H2,(H2,24,26,29)/b25-12+. The second kappa shape index (κ2) is 9.89. The summed E-state index contributed by atoms with van der Waals surface area (Å²) in [6, 6.07) is 9.10. The Morgan fingerprint density at radius 2 is 2.03 bits per heavy atom. The number of rotatable bonds is 6. The predicted octanol–water partition coefficient (Wildman–Crippen LogP) is 4.30. The van der Waals surface area contributed by atoms with Crippen LogP contribution in [-0.4, -0.2) is 28.8 Å². The summed E-state index contributed by atoms with van der Waals surface area (Å²) in [6.45, 7) is 1.92. The monoisotopic (exact) mass is 424 g/mol. The van der Waals surface area contributed by atoms with Crippen LogP contribution < -0.4 is 10.7 Å². The molecule has 1 aliphatic heterocycles.